The maximum atomic E-state index is 14.2. The quantitative estimate of drug-likeness (QED) is 0.501. The number of carbonyl (C=O) groups is 1. The van der Waals surface area contributed by atoms with E-state index in [9.17, 15) is 9.18 Å². The average molecular weight is 301 g/mol. The largest absolute Gasteiger partial charge is 0.481 e. The molecule has 0 fully saturated rings. The van der Waals surface area contributed by atoms with Crippen molar-refractivity contribution in [3.8, 4) is 11.1 Å². The molecule has 0 atom stereocenters. The van der Waals surface area contributed by atoms with E-state index in [0.29, 0.717) is 5.56 Å². The predicted octanol–water partition coefficient (Wildman–Crippen LogP) is 3.84. The monoisotopic (exact) mass is 301 g/mol. The van der Waals surface area contributed by atoms with Crippen molar-refractivity contribution in [3.63, 3.8) is 0 Å². The van der Waals surface area contributed by atoms with E-state index in [4.69, 9.17) is 10.3 Å². The van der Waals surface area contributed by atoms with Crippen LogP contribution in [0.25, 0.3) is 11.1 Å². The van der Waals surface area contributed by atoms with Crippen molar-refractivity contribution in [1.29, 1.82) is 0 Å². The average Bonchev–Trinajstić information content (AvgIpc) is 2.49. The Bertz CT molecular complexity index is 708. The molecule has 2 rings (SSSR count). The summed E-state index contributed by atoms with van der Waals surface area (Å²) < 4.78 is 14.2. The second-order valence-corrected chi connectivity index (χ2v) is 5.00. The molecule has 0 heterocycles. The van der Waals surface area contributed by atoms with Crippen LogP contribution >= 0.6 is 0 Å². The fourth-order valence-electron chi connectivity index (χ4n) is 2.14. The number of benzene rings is 2. The van der Waals surface area contributed by atoms with Crippen LogP contribution in [0.15, 0.2) is 47.6 Å². The summed E-state index contributed by atoms with van der Waals surface area (Å²) in [5.74, 6) is -1.57. The van der Waals surface area contributed by atoms with Crippen LogP contribution in [0.1, 0.15) is 24.0 Å². The van der Waals surface area contributed by atoms with Crippen LogP contribution in [-0.2, 0) is 4.79 Å². The van der Waals surface area contributed by atoms with Gasteiger partial charge in [0.2, 0.25) is 0 Å². The number of carboxylic acids is 1. The maximum absolute atomic E-state index is 14.2. The van der Waals surface area contributed by atoms with Gasteiger partial charge in [-0.05, 0) is 30.2 Å². The van der Waals surface area contributed by atoms with E-state index in [1.54, 1.807) is 6.07 Å². The topological polar surface area (TPSA) is 69.9 Å². The molecule has 0 bridgehead atoms. The summed E-state index contributed by atoms with van der Waals surface area (Å²) in [6.07, 6.45) is -0.259. The van der Waals surface area contributed by atoms with E-state index in [2.05, 4.69) is 5.16 Å². The van der Waals surface area contributed by atoms with Crippen molar-refractivity contribution >= 4 is 11.7 Å². The van der Waals surface area contributed by atoms with Gasteiger partial charge < -0.3 is 10.3 Å². The molecule has 0 amide bonds. The van der Waals surface area contributed by atoms with E-state index in [0.717, 1.165) is 11.1 Å². The summed E-state index contributed by atoms with van der Waals surface area (Å²) in [5, 5.41) is 20.6. The van der Waals surface area contributed by atoms with E-state index in [1.807, 2.05) is 31.2 Å². The number of oxime groups is 1. The van der Waals surface area contributed by atoms with Crippen LogP contribution < -0.4 is 0 Å². The third-order valence-corrected chi connectivity index (χ3v) is 3.36. The van der Waals surface area contributed by atoms with Crippen molar-refractivity contribution in [1.82, 2.24) is 0 Å². The van der Waals surface area contributed by atoms with Gasteiger partial charge in [-0.3, -0.25) is 4.79 Å². The number of hydrogen-bond donors (Lipinski definition) is 2. The lowest BCUT2D eigenvalue weighted by atomic mass is 9.99. The number of nitrogens with zero attached hydrogens (tertiary/aromatic N) is 1. The van der Waals surface area contributed by atoms with Gasteiger partial charge in [0.1, 0.15) is 5.82 Å². The normalized spacial score (nSPS) is 11.5. The zero-order valence-corrected chi connectivity index (χ0v) is 12.1. The summed E-state index contributed by atoms with van der Waals surface area (Å²) in [6.45, 7) is 1.97. The number of rotatable bonds is 5. The second-order valence-electron chi connectivity index (χ2n) is 5.00. The van der Waals surface area contributed by atoms with E-state index in [-0.39, 0.29) is 24.1 Å². The molecule has 22 heavy (non-hydrogen) atoms. The first-order valence-electron chi connectivity index (χ1n) is 6.81. The highest BCUT2D eigenvalue weighted by molar-refractivity contribution is 6.01. The van der Waals surface area contributed by atoms with Crippen molar-refractivity contribution in [2.24, 2.45) is 5.16 Å². The zero-order chi connectivity index (χ0) is 16.1. The van der Waals surface area contributed by atoms with E-state index in [1.165, 1.54) is 12.1 Å². The molecule has 114 valence electrons. The van der Waals surface area contributed by atoms with Crippen molar-refractivity contribution in [3.05, 3.63) is 59.4 Å². The second kappa shape index (κ2) is 6.85. The van der Waals surface area contributed by atoms with Gasteiger partial charge in [-0.1, -0.05) is 41.1 Å². The van der Waals surface area contributed by atoms with Crippen LogP contribution in [-0.4, -0.2) is 22.0 Å². The first-order chi connectivity index (χ1) is 10.5. The van der Waals surface area contributed by atoms with Crippen molar-refractivity contribution < 1.29 is 19.5 Å². The Kier molecular flexibility index (Phi) is 4.88. The maximum Gasteiger partial charge on any atom is 0.303 e. The molecule has 2 N–H and O–H groups in total. The Balaban J connectivity index is 2.29. The molecule has 2 aromatic rings. The van der Waals surface area contributed by atoms with Crippen LogP contribution in [0, 0.1) is 12.7 Å². The summed E-state index contributed by atoms with van der Waals surface area (Å²) in [5.41, 5.74) is 2.83. The Hall–Kier alpha value is -2.69. The molecule has 0 aromatic heterocycles. The summed E-state index contributed by atoms with van der Waals surface area (Å²) in [6, 6.07) is 12.2. The van der Waals surface area contributed by atoms with Gasteiger partial charge in [-0.15, -0.1) is 0 Å². The minimum Gasteiger partial charge on any atom is -0.481 e. The lowest BCUT2D eigenvalue weighted by Crippen LogP contribution is -2.07. The zero-order valence-electron chi connectivity index (χ0n) is 12.1. The lowest BCUT2D eigenvalue weighted by Gasteiger charge is -2.08. The molecule has 0 saturated heterocycles. The summed E-state index contributed by atoms with van der Waals surface area (Å²) in [7, 11) is 0. The Morgan fingerprint density at radius 1 is 1.09 bits per heavy atom. The summed E-state index contributed by atoms with van der Waals surface area (Å²) in [4.78, 5) is 10.6. The van der Waals surface area contributed by atoms with Gasteiger partial charge in [0, 0.05) is 12.0 Å². The van der Waals surface area contributed by atoms with E-state index < -0.39 is 11.8 Å². The number of halogens is 1. The number of aliphatic carboxylic acids is 1. The highest BCUT2D eigenvalue weighted by Gasteiger charge is 2.13. The molecule has 0 aliphatic rings. The molecule has 4 nitrogen and oxygen atoms in total. The lowest BCUT2D eigenvalue weighted by molar-refractivity contribution is -0.136. The molecular weight excluding hydrogens is 285 g/mol. The molecule has 0 aliphatic heterocycles. The Morgan fingerprint density at radius 2 is 1.73 bits per heavy atom. The third-order valence-electron chi connectivity index (χ3n) is 3.36. The van der Waals surface area contributed by atoms with Crippen molar-refractivity contribution in [2.75, 3.05) is 0 Å². The highest BCUT2D eigenvalue weighted by Crippen LogP contribution is 2.23. The van der Waals surface area contributed by atoms with Gasteiger partial charge in [0.15, 0.2) is 0 Å². The molecule has 0 radical (unpaired) electrons. The van der Waals surface area contributed by atoms with Crippen molar-refractivity contribution in [2.45, 2.75) is 19.8 Å². The Labute approximate surface area is 127 Å². The van der Waals surface area contributed by atoms with Crippen LogP contribution in [0.3, 0.4) is 0 Å². The van der Waals surface area contributed by atoms with Crippen LogP contribution in [0.4, 0.5) is 4.39 Å². The molecule has 0 unspecified atom stereocenters. The fourth-order valence-corrected chi connectivity index (χ4v) is 2.14. The van der Waals surface area contributed by atoms with Gasteiger partial charge in [0.05, 0.1) is 12.1 Å². The van der Waals surface area contributed by atoms with Crippen LogP contribution in [0.5, 0.6) is 0 Å². The Morgan fingerprint density at radius 3 is 2.27 bits per heavy atom. The number of carboxylic acid groups (broad SMARTS) is 1. The standard InChI is InChI=1S/C17H16FNO3/c1-11-2-4-12(5-3-11)13-6-7-14(15(18)10-13)16(19-22)8-9-17(20)21/h2-7,10,22H,8-9H2,1H3,(H,20,21). The first kappa shape index (κ1) is 15.7. The van der Waals surface area contributed by atoms with Gasteiger partial charge in [-0.2, -0.15) is 0 Å². The van der Waals surface area contributed by atoms with Gasteiger partial charge >= 0.3 is 5.97 Å². The first-order valence-corrected chi connectivity index (χ1v) is 6.81. The molecule has 0 spiro atoms. The summed E-state index contributed by atoms with van der Waals surface area (Å²) >= 11 is 0. The minimum atomic E-state index is -1.03. The molecule has 2 aromatic carbocycles. The van der Waals surface area contributed by atoms with Gasteiger partial charge in [-0.25, -0.2) is 4.39 Å². The molecular formula is C17H16FNO3. The number of hydrogen-bond acceptors (Lipinski definition) is 3. The van der Waals surface area contributed by atoms with Crippen LogP contribution in [0.2, 0.25) is 0 Å². The predicted molar refractivity (Wildman–Crippen MR) is 81.8 cm³/mol. The molecule has 5 heteroatoms. The SMILES string of the molecule is Cc1ccc(-c2ccc(C(CCC(=O)O)=NO)c(F)c2)cc1. The fraction of sp³-hybridized carbons (Fsp3) is 0.176. The molecule has 0 aliphatic carbocycles. The van der Waals surface area contributed by atoms with Gasteiger partial charge in [0.25, 0.3) is 0 Å². The van der Waals surface area contributed by atoms with E-state index >= 15 is 0 Å². The molecule has 0 saturated carbocycles. The highest BCUT2D eigenvalue weighted by atomic mass is 19.1. The smallest absolute Gasteiger partial charge is 0.303 e. The third kappa shape index (κ3) is 3.69. The number of aryl methyl sites for hydroxylation is 1. The minimum absolute atomic E-state index is 0.0235.